The summed E-state index contributed by atoms with van der Waals surface area (Å²) in [6.45, 7) is 2.29. The predicted molar refractivity (Wildman–Crippen MR) is 115 cm³/mol. The average molecular weight is 415 g/mol. The molecule has 7 heteroatoms. The molecule has 0 spiro atoms. The van der Waals surface area contributed by atoms with E-state index in [0.29, 0.717) is 31.3 Å². The minimum Gasteiger partial charge on any atom is -0.493 e. The second-order valence-electron chi connectivity index (χ2n) is 7.20. The third-order valence-electron chi connectivity index (χ3n) is 4.93. The summed E-state index contributed by atoms with van der Waals surface area (Å²) in [5.74, 6) is 1.28. The van der Waals surface area contributed by atoms with Gasteiger partial charge in [0.25, 0.3) is 0 Å². The van der Waals surface area contributed by atoms with Crippen LogP contribution in [-0.2, 0) is 22.6 Å². The summed E-state index contributed by atoms with van der Waals surface area (Å²) in [6.07, 6.45) is 3.59. The summed E-state index contributed by atoms with van der Waals surface area (Å²) in [4.78, 5) is 12.3. The molecule has 30 heavy (non-hydrogen) atoms. The maximum absolute atomic E-state index is 12.3. The Hall–Kier alpha value is -2.77. The number of rotatable bonds is 9. The van der Waals surface area contributed by atoms with Gasteiger partial charge in [-0.1, -0.05) is 18.2 Å². The summed E-state index contributed by atoms with van der Waals surface area (Å²) in [5.41, 5.74) is 2.63. The van der Waals surface area contributed by atoms with E-state index >= 15 is 0 Å². The number of nitrogens with one attached hydrogen (secondary N) is 2. The van der Waals surface area contributed by atoms with E-state index in [4.69, 9.17) is 18.9 Å². The lowest BCUT2D eigenvalue weighted by Crippen LogP contribution is -2.28. The molecule has 1 aliphatic heterocycles. The Kier molecular flexibility index (Phi) is 8.35. The molecule has 1 aliphatic rings. The number of anilines is 1. The number of methoxy groups -OCH3 is 2. The molecule has 7 nitrogen and oxygen atoms in total. The van der Waals surface area contributed by atoms with Crippen molar-refractivity contribution in [1.29, 1.82) is 0 Å². The molecular formula is C23H30N2O5. The standard InChI is InChI=1S/C23H30N2O5/c1-27-21-10-9-17(13-22(21)28-2)14-24-23(26)25-19-7-5-6-18(12-19)15-29-16-20-8-3-4-11-30-20/h5-7,9-10,12-13,20H,3-4,8,11,14-16H2,1-2H3,(H2,24,25,26). The highest BCUT2D eigenvalue weighted by atomic mass is 16.5. The zero-order valence-corrected chi connectivity index (χ0v) is 17.6. The van der Waals surface area contributed by atoms with Crippen molar-refractivity contribution in [3.8, 4) is 11.5 Å². The summed E-state index contributed by atoms with van der Waals surface area (Å²) in [7, 11) is 3.17. The van der Waals surface area contributed by atoms with Crippen LogP contribution in [0.3, 0.4) is 0 Å². The van der Waals surface area contributed by atoms with E-state index in [1.165, 1.54) is 6.42 Å². The molecule has 1 unspecified atom stereocenters. The molecule has 0 radical (unpaired) electrons. The molecule has 0 aromatic heterocycles. The molecule has 0 saturated carbocycles. The fourth-order valence-corrected chi connectivity index (χ4v) is 3.33. The zero-order valence-electron chi connectivity index (χ0n) is 17.6. The van der Waals surface area contributed by atoms with Gasteiger partial charge in [0.1, 0.15) is 0 Å². The zero-order chi connectivity index (χ0) is 21.2. The molecular weight excluding hydrogens is 384 g/mol. The number of urea groups is 1. The summed E-state index contributed by atoms with van der Waals surface area (Å²) in [6, 6.07) is 12.9. The van der Waals surface area contributed by atoms with E-state index < -0.39 is 0 Å². The largest absolute Gasteiger partial charge is 0.493 e. The normalized spacial score (nSPS) is 16.0. The van der Waals surface area contributed by atoms with Gasteiger partial charge in [-0.2, -0.15) is 0 Å². The van der Waals surface area contributed by atoms with E-state index in [1.54, 1.807) is 14.2 Å². The van der Waals surface area contributed by atoms with Crippen molar-refractivity contribution in [2.45, 2.75) is 38.5 Å². The van der Waals surface area contributed by atoms with Crippen molar-refractivity contribution in [2.75, 3.05) is 32.8 Å². The first-order chi connectivity index (χ1) is 14.7. The van der Waals surface area contributed by atoms with E-state index in [9.17, 15) is 4.79 Å². The highest BCUT2D eigenvalue weighted by molar-refractivity contribution is 5.89. The van der Waals surface area contributed by atoms with Crippen LogP contribution in [0.15, 0.2) is 42.5 Å². The number of hydrogen-bond acceptors (Lipinski definition) is 5. The van der Waals surface area contributed by atoms with Gasteiger partial charge >= 0.3 is 6.03 Å². The predicted octanol–water partition coefficient (Wildman–Crippen LogP) is 4.11. The molecule has 0 aliphatic carbocycles. The van der Waals surface area contributed by atoms with Gasteiger partial charge in [0, 0.05) is 18.8 Å². The Morgan fingerprint density at radius 2 is 1.93 bits per heavy atom. The number of carbonyl (C=O) groups is 1. The van der Waals surface area contributed by atoms with Crippen LogP contribution in [0, 0.1) is 0 Å². The fraction of sp³-hybridized carbons (Fsp3) is 0.435. The molecule has 162 valence electrons. The van der Waals surface area contributed by atoms with Crippen molar-refractivity contribution in [3.63, 3.8) is 0 Å². The lowest BCUT2D eigenvalue weighted by atomic mass is 10.1. The number of benzene rings is 2. The van der Waals surface area contributed by atoms with Crippen LogP contribution >= 0.6 is 0 Å². The Morgan fingerprint density at radius 3 is 2.70 bits per heavy atom. The highest BCUT2D eigenvalue weighted by Crippen LogP contribution is 2.27. The van der Waals surface area contributed by atoms with Crippen molar-refractivity contribution in [1.82, 2.24) is 5.32 Å². The van der Waals surface area contributed by atoms with Crippen LogP contribution in [0.5, 0.6) is 11.5 Å². The van der Waals surface area contributed by atoms with Gasteiger partial charge in [0.2, 0.25) is 0 Å². The van der Waals surface area contributed by atoms with Gasteiger partial charge in [-0.05, 0) is 54.7 Å². The first-order valence-corrected chi connectivity index (χ1v) is 10.2. The lowest BCUT2D eigenvalue weighted by Gasteiger charge is -2.22. The first-order valence-electron chi connectivity index (χ1n) is 10.2. The van der Waals surface area contributed by atoms with Gasteiger partial charge in [0.05, 0.1) is 33.5 Å². The number of amides is 2. The minimum absolute atomic E-state index is 0.197. The second kappa shape index (κ2) is 11.4. The average Bonchev–Trinajstić information content (AvgIpc) is 2.78. The Balaban J connectivity index is 1.45. The van der Waals surface area contributed by atoms with Crippen molar-refractivity contribution in [2.24, 2.45) is 0 Å². The number of carbonyl (C=O) groups excluding carboxylic acids is 1. The fourth-order valence-electron chi connectivity index (χ4n) is 3.33. The second-order valence-corrected chi connectivity index (χ2v) is 7.20. The summed E-state index contributed by atoms with van der Waals surface area (Å²) < 4.78 is 22.0. The number of ether oxygens (including phenoxy) is 4. The molecule has 2 aromatic rings. The van der Waals surface area contributed by atoms with Crippen LogP contribution in [-0.4, -0.2) is 39.6 Å². The lowest BCUT2D eigenvalue weighted by molar-refractivity contribution is -0.0447. The van der Waals surface area contributed by atoms with Crippen LogP contribution in [0.4, 0.5) is 10.5 Å². The molecule has 2 N–H and O–H groups in total. The molecule has 0 bridgehead atoms. The molecule has 1 fully saturated rings. The molecule has 1 heterocycles. The Morgan fingerprint density at radius 1 is 1.07 bits per heavy atom. The van der Waals surface area contributed by atoms with E-state index in [1.807, 2.05) is 42.5 Å². The Labute approximate surface area is 177 Å². The van der Waals surface area contributed by atoms with Gasteiger partial charge < -0.3 is 29.6 Å². The van der Waals surface area contributed by atoms with E-state index in [2.05, 4.69) is 10.6 Å². The molecule has 1 saturated heterocycles. The van der Waals surface area contributed by atoms with Gasteiger partial charge in [0.15, 0.2) is 11.5 Å². The molecule has 1 atom stereocenters. The molecule has 3 rings (SSSR count). The Bertz CT molecular complexity index is 821. The maximum atomic E-state index is 12.3. The van der Waals surface area contributed by atoms with Crippen LogP contribution in [0.25, 0.3) is 0 Å². The smallest absolute Gasteiger partial charge is 0.319 e. The minimum atomic E-state index is -0.279. The van der Waals surface area contributed by atoms with Gasteiger partial charge in [-0.25, -0.2) is 4.79 Å². The van der Waals surface area contributed by atoms with Gasteiger partial charge in [-0.15, -0.1) is 0 Å². The topological polar surface area (TPSA) is 78.1 Å². The third-order valence-corrected chi connectivity index (χ3v) is 4.93. The van der Waals surface area contributed by atoms with Crippen molar-refractivity contribution >= 4 is 11.7 Å². The van der Waals surface area contributed by atoms with Crippen molar-refractivity contribution in [3.05, 3.63) is 53.6 Å². The van der Waals surface area contributed by atoms with E-state index in [-0.39, 0.29) is 12.1 Å². The summed E-state index contributed by atoms with van der Waals surface area (Å²) >= 11 is 0. The van der Waals surface area contributed by atoms with Gasteiger partial charge in [-0.3, -0.25) is 0 Å². The van der Waals surface area contributed by atoms with E-state index in [0.717, 1.165) is 36.3 Å². The monoisotopic (exact) mass is 414 g/mol. The molecule has 2 aromatic carbocycles. The van der Waals surface area contributed by atoms with Crippen LogP contribution in [0.2, 0.25) is 0 Å². The number of hydrogen-bond donors (Lipinski definition) is 2. The maximum Gasteiger partial charge on any atom is 0.319 e. The van der Waals surface area contributed by atoms with Crippen molar-refractivity contribution < 1.29 is 23.7 Å². The molecule has 2 amide bonds. The third kappa shape index (κ3) is 6.64. The summed E-state index contributed by atoms with van der Waals surface area (Å²) in [5, 5.41) is 5.70. The highest BCUT2D eigenvalue weighted by Gasteiger charge is 2.13. The SMILES string of the molecule is COc1ccc(CNC(=O)Nc2cccc(COCC3CCCCO3)c2)cc1OC. The van der Waals surface area contributed by atoms with Crippen LogP contribution < -0.4 is 20.1 Å². The quantitative estimate of drug-likeness (QED) is 0.646. The van der Waals surface area contributed by atoms with Crippen LogP contribution in [0.1, 0.15) is 30.4 Å². The first kappa shape index (κ1) is 21.9.